The predicted octanol–water partition coefficient (Wildman–Crippen LogP) is 2.38. The van der Waals surface area contributed by atoms with Crippen molar-refractivity contribution in [1.82, 2.24) is 9.97 Å². The van der Waals surface area contributed by atoms with Crippen LogP contribution in [0.25, 0.3) is 0 Å². The van der Waals surface area contributed by atoms with Crippen LogP contribution >= 0.6 is 0 Å². The van der Waals surface area contributed by atoms with Crippen molar-refractivity contribution in [2.24, 2.45) is 0 Å². The Hall–Kier alpha value is -2.63. The van der Waals surface area contributed by atoms with Gasteiger partial charge in [-0.15, -0.1) is 0 Å². The van der Waals surface area contributed by atoms with Gasteiger partial charge in [0.1, 0.15) is 5.82 Å². The molecule has 4 rings (SSSR count). The third-order valence-electron chi connectivity index (χ3n) is 4.09. The van der Waals surface area contributed by atoms with Gasteiger partial charge in [-0.1, -0.05) is 0 Å². The molecule has 1 fully saturated rings. The Morgan fingerprint density at radius 1 is 1.23 bits per heavy atom. The van der Waals surface area contributed by atoms with Crippen molar-refractivity contribution >= 4 is 23.2 Å². The summed E-state index contributed by atoms with van der Waals surface area (Å²) in [4.78, 5) is 25.5. The number of ether oxygens (including phenoxy) is 1. The van der Waals surface area contributed by atoms with Gasteiger partial charge in [-0.05, 0) is 31.0 Å². The Bertz CT molecular complexity index is 758. The molecule has 6 heteroatoms. The fraction of sp³-hybridized carbons (Fsp3) is 0.312. The number of pyridine rings is 2. The molecule has 1 aliphatic heterocycles. The van der Waals surface area contributed by atoms with Crippen LogP contribution in [0.1, 0.15) is 23.2 Å². The number of amides is 1. The molecule has 0 saturated heterocycles. The molecule has 1 aliphatic carbocycles. The molecule has 0 atom stereocenters. The predicted molar refractivity (Wildman–Crippen MR) is 82.9 cm³/mol. The number of nitrogens with zero attached hydrogens (tertiary/aromatic N) is 4. The Balaban J connectivity index is 2.00. The molecule has 2 aliphatic rings. The lowest BCUT2D eigenvalue weighted by Gasteiger charge is -2.24. The lowest BCUT2D eigenvalue weighted by atomic mass is 10.2. The topological polar surface area (TPSA) is 58.6 Å². The summed E-state index contributed by atoms with van der Waals surface area (Å²) in [6.45, 7) is 0. The van der Waals surface area contributed by atoms with Crippen molar-refractivity contribution in [3.05, 3.63) is 36.0 Å². The normalized spacial score (nSPS) is 16.9. The van der Waals surface area contributed by atoms with E-state index in [-0.39, 0.29) is 5.91 Å². The molecule has 3 heterocycles. The highest BCUT2D eigenvalue weighted by molar-refractivity contribution is 6.12. The Morgan fingerprint density at radius 2 is 2.05 bits per heavy atom. The van der Waals surface area contributed by atoms with Crippen LogP contribution in [0.15, 0.2) is 30.5 Å². The van der Waals surface area contributed by atoms with E-state index in [1.807, 2.05) is 12.1 Å². The van der Waals surface area contributed by atoms with Crippen molar-refractivity contribution in [1.29, 1.82) is 0 Å². The van der Waals surface area contributed by atoms with Gasteiger partial charge in [0.05, 0.1) is 18.4 Å². The van der Waals surface area contributed by atoms with Gasteiger partial charge in [-0.2, -0.15) is 4.98 Å². The molecule has 0 N–H and O–H groups in total. The van der Waals surface area contributed by atoms with Crippen molar-refractivity contribution in [2.45, 2.75) is 18.9 Å². The first-order valence-electron chi connectivity index (χ1n) is 7.28. The summed E-state index contributed by atoms with van der Waals surface area (Å²) in [6, 6.07) is 7.60. The molecule has 1 saturated carbocycles. The minimum Gasteiger partial charge on any atom is -0.481 e. The Morgan fingerprint density at radius 3 is 2.77 bits per heavy atom. The van der Waals surface area contributed by atoms with E-state index in [4.69, 9.17) is 4.74 Å². The highest BCUT2D eigenvalue weighted by Crippen LogP contribution is 2.44. The molecule has 6 nitrogen and oxygen atoms in total. The van der Waals surface area contributed by atoms with Gasteiger partial charge in [-0.3, -0.25) is 4.79 Å². The highest BCUT2D eigenvalue weighted by Gasteiger charge is 2.39. The molecule has 2 aromatic rings. The summed E-state index contributed by atoms with van der Waals surface area (Å²) in [6.07, 6.45) is 3.87. The minimum absolute atomic E-state index is 0.0699. The number of fused-ring (bicyclic) bond motifs is 2. The molecular weight excluding hydrogens is 280 g/mol. The second kappa shape index (κ2) is 4.69. The highest BCUT2D eigenvalue weighted by atomic mass is 16.5. The number of aromatic nitrogens is 2. The number of anilines is 3. The monoisotopic (exact) mass is 296 g/mol. The van der Waals surface area contributed by atoms with Gasteiger partial charge in [0.2, 0.25) is 5.88 Å². The van der Waals surface area contributed by atoms with E-state index >= 15 is 0 Å². The number of hydrogen-bond acceptors (Lipinski definition) is 5. The number of methoxy groups -OCH3 is 1. The van der Waals surface area contributed by atoms with Crippen LogP contribution in [0.5, 0.6) is 5.88 Å². The summed E-state index contributed by atoms with van der Waals surface area (Å²) >= 11 is 0. The first-order chi connectivity index (χ1) is 10.7. The SMILES string of the molecule is COc1ccc2c(n1)N(C1CC1)c1ncccc1C(=O)N2C. The van der Waals surface area contributed by atoms with Crippen LogP contribution < -0.4 is 14.5 Å². The van der Waals surface area contributed by atoms with E-state index in [2.05, 4.69) is 14.9 Å². The largest absolute Gasteiger partial charge is 0.481 e. The summed E-state index contributed by atoms with van der Waals surface area (Å²) in [5, 5.41) is 0. The fourth-order valence-electron chi connectivity index (χ4n) is 2.80. The molecule has 112 valence electrons. The maximum Gasteiger partial charge on any atom is 0.261 e. The van der Waals surface area contributed by atoms with Gasteiger partial charge in [0.15, 0.2) is 5.82 Å². The van der Waals surface area contributed by atoms with Crippen LogP contribution in [0.3, 0.4) is 0 Å². The zero-order valence-corrected chi connectivity index (χ0v) is 12.5. The van der Waals surface area contributed by atoms with Gasteiger partial charge in [0, 0.05) is 25.4 Å². The van der Waals surface area contributed by atoms with Crippen molar-refractivity contribution in [3.8, 4) is 5.88 Å². The fourth-order valence-corrected chi connectivity index (χ4v) is 2.80. The first kappa shape index (κ1) is 13.1. The summed E-state index contributed by atoms with van der Waals surface area (Å²) in [7, 11) is 3.36. The molecule has 0 spiro atoms. The quantitative estimate of drug-likeness (QED) is 0.851. The van der Waals surface area contributed by atoms with Gasteiger partial charge in [0.25, 0.3) is 5.91 Å². The maximum absolute atomic E-state index is 12.7. The van der Waals surface area contributed by atoms with E-state index in [0.717, 1.165) is 24.3 Å². The number of hydrogen-bond donors (Lipinski definition) is 0. The van der Waals surface area contributed by atoms with Crippen LogP contribution in [-0.4, -0.2) is 36.1 Å². The van der Waals surface area contributed by atoms with E-state index in [0.29, 0.717) is 23.3 Å². The van der Waals surface area contributed by atoms with E-state index in [9.17, 15) is 4.79 Å². The molecule has 0 radical (unpaired) electrons. The lowest BCUT2D eigenvalue weighted by molar-refractivity contribution is 0.0994. The maximum atomic E-state index is 12.7. The standard InChI is InChI=1S/C16H16N4O2/c1-19-12-7-8-13(22-2)18-15(12)20(10-5-6-10)14-11(16(19)21)4-3-9-17-14/h3-4,7-10H,5-6H2,1-2H3. The first-order valence-corrected chi connectivity index (χ1v) is 7.28. The minimum atomic E-state index is -0.0699. The van der Waals surface area contributed by atoms with E-state index in [1.54, 1.807) is 37.4 Å². The zero-order valence-electron chi connectivity index (χ0n) is 12.5. The van der Waals surface area contributed by atoms with Crippen LogP contribution in [0.4, 0.5) is 17.3 Å². The Kier molecular flexibility index (Phi) is 2.79. The third-order valence-corrected chi connectivity index (χ3v) is 4.09. The third kappa shape index (κ3) is 1.83. The van der Waals surface area contributed by atoms with Crippen LogP contribution in [0.2, 0.25) is 0 Å². The van der Waals surface area contributed by atoms with E-state index in [1.165, 1.54) is 0 Å². The van der Waals surface area contributed by atoms with Crippen molar-refractivity contribution < 1.29 is 9.53 Å². The van der Waals surface area contributed by atoms with Crippen molar-refractivity contribution in [2.75, 3.05) is 24.0 Å². The average molecular weight is 296 g/mol. The molecule has 0 aromatic carbocycles. The average Bonchev–Trinajstić information content (AvgIpc) is 3.39. The number of carbonyl (C=O) groups excluding carboxylic acids is 1. The van der Waals surface area contributed by atoms with Gasteiger partial charge in [-0.25, -0.2) is 4.98 Å². The zero-order chi connectivity index (χ0) is 15.3. The van der Waals surface area contributed by atoms with E-state index < -0.39 is 0 Å². The molecule has 0 bridgehead atoms. The summed E-state index contributed by atoms with van der Waals surface area (Å²) in [5.41, 5.74) is 1.38. The van der Waals surface area contributed by atoms with Gasteiger partial charge < -0.3 is 14.5 Å². The molecule has 22 heavy (non-hydrogen) atoms. The number of carbonyl (C=O) groups is 1. The van der Waals surface area contributed by atoms with Crippen molar-refractivity contribution in [3.63, 3.8) is 0 Å². The second-order valence-electron chi connectivity index (χ2n) is 5.54. The lowest BCUT2D eigenvalue weighted by Crippen LogP contribution is -2.25. The van der Waals surface area contributed by atoms with Gasteiger partial charge >= 0.3 is 0 Å². The second-order valence-corrected chi connectivity index (χ2v) is 5.54. The molecule has 0 unspecified atom stereocenters. The Labute approximate surface area is 128 Å². The molecule has 1 amide bonds. The molecule has 2 aromatic heterocycles. The smallest absolute Gasteiger partial charge is 0.261 e. The summed E-state index contributed by atoms with van der Waals surface area (Å²) < 4.78 is 5.26. The van der Waals surface area contributed by atoms with Crippen LogP contribution in [-0.2, 0) is 0 Å². The summed E-state index contributed by atoms with van der Waals surface area (Å²) in [5.74, 6) is 1.88. The number of rotatable bonds is 2. The van der Waals surface area contributed by atoms with Crippen LogP contribution in [0, 0.1) is 0 Å². The molecular formula is C16H16N4O2.